The Morgan fingerprint density at radius 1 is 1.15 bits per heavy atom. The first-order valence-electron chi connectivity index (χ1n) is 8.64. The van der Waals surface area contributed by atoms with Crippen LogP contribution in [-0.2, 0) is 19.5 Å². The average molecular weight is 372 g/mol. The van der Waals surface area contributed by atoms with E-state index in [4.69, 9.17) is 21.6 Å². The lowest BCUT2D eigenvalue weighted by Gasteiger charge is -2.26. The van der Waals surface area contributed by atoms with Gasteiger partial charge < -0.3 is 20.1 Å². The van der Waals surface area contributed by atoms with Gasteiger partial charge in [-0.15, -0.1) is 0 Å². The second-order valence-electron chi connectivity index (χ2n) is 6.79. The maximum atomic E-state index is 6.07. The molecule has 0 radical (unpaired) electrons. The molecule has 0 fully saturated rings. The third-order valence-electron chi connectivity index (χ3n) is 4.54. The van der Waals surface area contributed by atoms with E-state index < -0.39 is 0 Å². The Morgan fingerprint density at radius 3 is 2.81 bits per heavy atom. The number of fused-ring (bicyclic) bond motifs is 2. The number of hydrogen-bond acceptors (Lipinski definition) is 6. The zero-order valence-corrected chi connectivity index (χ0v) is 15.9. The van der Waals surface area contributed by atoms with Crippen LogP contribution < -0.4 is 15.1 Å². The number of rotatable bonds is 4. The molecule has 1 aliphatic heterocycles. The van der Waals surface area contributed by atoms with Crippen LogP contribution in [0.25, 0.3) is 11.0 Å². The highest BCUT2D eigenvalue weighted by molar-refractivity contribution is 6.31. The first-order chi connectivity index (χ1) is 12.5. The molecule has 2 N–H and O–H groups in total. The van der Waals surface area contributed by atoms with Crippen LogP contribution in [0.2, 0.25) is 5.02 Å². The Bertz CT molecular complexity index is 950. The average Bonchev–Trinajstić information content (AvgIpc) is 3.01. The minimum atomic E-state index is 0.635. The van der Waals surface area contributed by atoms with Crippen molar-refractivity contribution in [3.63, 3.8) is 0 Å². The van der Waals surface area contributed by atoms with Gasteiger partial charge in [0.25, 0.3) is 0 Å². The molecule has 1 aromatic carbocycles. The molecule has 1 aliphatic rings. The molecule has 0 unspecified atom stereocenters. The normalized spacial score (nSPS) is 13.7. The molecule has 136 valence electrons. The Kier molecular flexibility index (Phi) is 4.42. The van der Waals surface area contributed by atoms with Gasteiger partial charge in [-0.25, -0.2) is 9.97 Å². The van der Waals surface area contributed by atoms with E-state index in [-0.39, 0.29) is 0 Å². The van der Waals surface area contributed by atoms with Crippen LogP contribution in [0.5, 0.6) is 0 Å². The van der Waals surface area contributed by atoms with Crippen LogP contribution in [0.1, 0.15) is 17.1 Å². The summed E-state index contributed by atoms with van der Waals surface area (Å²) in [6, 6.07) is 5.69. The van der Waals surface area contributed by atoms with Gasteiger partial charge in [-0.05, 0) is 31.2 Å². The van der Waals surface area contributed by atoms with E-state index in [0.29, 0.717) is 11.6 Å². The molecule has 3 aromatic rings. The fourth-order valence-electron chi connectivity index (χ4n) is 3.25. The zero-order valence-electron chi connectivity index (χ0n) is 15.2. The molecule has 3 heterocycles. The molecule has 0 aliphatic carbocycles. The molecule has 2 aromatic heterocycles. The highest BCUT2D eigenvalue weighted by Crippen LogP contribution is 2.26. The minimum Gasteiger partial charge on any atom is -0.352 e. The van der Waals surface area contributed by atoms with Gasteiger partial charge >= 0.3 is 0 Å². The summed E-state index contributed by atoms with van der Waals surface area (Å²) in [5.74, 6) is 2.59. The third-order valence-corrected chi connectivity index (χ3v) is 4.78. The first kappa shape index (κ1) is 17.1. The smallest absolute Gasteiger partial charge is 0.227 e. The minimum absolute atomic E-state index is 0.635. The predicted octanol–water partition coefficient (Wildman–Crippen LogP) is 2.35. The maximum absolute atomic E-state index is 6.07. The Morgan fingerprint density at radius 2 is 2.00 bits per heavy atom. The summed E-state index contributed by atoms with van der Waals surface area (Å²) in [7, 11) is 5.97. The van der Waals surface area contributed by atoms with Gasteiger partial charge in [0.2, 0.25) is 5.95 Å². The monoisotopic (exact) mass is 371 g/mol. The Labute approximate surface area is 157 Å². The Balaban J connectivity index is 1.68. The second-order valence-corrected chi connectivity index (χ2v) is 7.23. The quantitative estimate of drug-likeness (QED) is 0.733. The van der Waals surface area contributed by atoms with Crippen LogP contribution >= 0.6 is 11.6 Å². The van der Waals surface area contributed by atoms with Gasteiger partial charge in [0.1, 0.15) is 11.6 Å². The molecule has 8 heteroatoms. The van der Waals surface area contributed by atoms with Crippen molar-refractivity contribution in [2.45, 2.75) is 19.5 Å². The predicted molar refractivity (Wildman–Crippen MR) is 105 cm³/mol. The lowest BCUT2D eigenvalue weighted by molar-refractivity contribution is 0.619. The second kappa shape index (κ2) is 6.74. The van der Waals surface area contributed by atoms with Crippen molar-refractivity contribution >= 4 is 34.4 Å². The third kappa shape index (κ3) is 3.20. The molecular weight excluding hydrogens is 350 g/mol. The molecule has 4 rings (SSSR count). The van der Waals surface area contributed by atoms with Crippen molar-refractivity contribution in [3.8, 4) is 0 Å². The van der Waals surface area contributed by atoms with E-state index in [2.05, 4.69) is 20.2 Å². The van der Waals surface area contributed by atoms with Crippen molar-refractivity contribution in [2.75, 3.05) is 37.5 Å². The summed E-state index contributed by atoms with van der Waals surface area (Å²) in [6.07, 6.45) is 0.929. The van der Waals surface area contributed by atoms with Gasteiger partial charge in [0, 0.05) is 38.3 Å². The van der Waals surface area contributed by atoms with Gasteiger partial charge in [-0.1, -0.05) is 11.6 Å². The zero-order chi connectivity index (χ0) is 18.3. The van der Waals surface area contributed by atoms with Gasteiger partial charge in [0.15, 0.2) is 0 Å². The van der Waals surface area contributed by atoms with E-state index >= 15 is 0 Å². The molecule has 0 spiro atoms. The number of halogens is 1. The number of nitrogens with one attached hydrogen (secondary N) is 2. The summed E-state index contributed by atoms with van der Waals surface area (Å²) >= 11 is 6.07. The summed E-state index contributed by atoms with van der Waals surface area (Å²) in [6.45, 7) is 2.36. The fourth-order valence-corrected chi connectivity index (χ4v) is 3.42. The molecule has 0 bridgehead atoms. The van der Waals surface area contributed by atoms with Crippen LogP contribution in [0, 0.1) is 0 Å². The van der Waals surface area contributed by atoms with Crippen molar-refractivity contribution in [2.24, 2.45) is 0 Å². The van der Waals surface area contributed by atoms with E-state index in [1.54, 1.807) is 0 Å². The van der Waals surface area contributed by atoms with Crippen LogP contribution in [0.15, 0.2) is 18.2 Å². The molecule has 0 atom stereocenters. The lowest BCUT2D eigenvalue weighted by atomic mass is 10.1. The highest BCUT2D eigenvalue weighted by Gasteiger charge is 2.21. The topological polar surface area (TPSA) is 73.0 Å². The van der Waals surface area contributed by atoms with Gasteiger partial charge in [-0.3, -0.25) is 0 Å². The largest absolute Gasteiger partial charge is 0.352 e. The van der Waals surface area contributed by atoms with Crippen LogP contribution in [0.3, 0.4) is 0 Å². The number of aromatic amines is 1. The van der Waals surface area contributed by atoms with E-state index in [9.17, 15) is 0 Å². The Hall–Kier alpha value is -2.38. The number of hydrogen-bond donors (Lipinski definition) is 2. The van der Waals surface area contributed by atoms with E-state index in [1.807, 2.05) is 44.2 Å². The molecule has 26 heavy (non-hydrogen) atoms. The number of nitrogens with zero attached hydrogens (tertiary/aromatic N) is 5. The van der Waals surface area contributed by atoms with Crippen LogP contribution in [0.4, 0.5) is 11.8 Å². The van der Waals surface area contributed by atoms with Crippen molar-refractivity contribution in [3.05, 3.63) is 40.3 Å². The summed E-state index contributed by atoms with van der Waals surface area (Å²) in [4.78, 5) is 21.6. The SMILES string of the molecule is CN(C)c1nc2c(c(N(C)Cc3nc4ccc(Cl)cc4[nH]3)n1)CCNC2. The standard InChI is InChI=1S/C18H22ClN7/c1-25(2)18-23-15-9-20-7-6-12(15)17(24-18)26(3)10-16-21-13-5-4-11(19)8-14(13)22-16/h4-5,8,20H,6-7,9-10H2,1-3H3,(H,21,22). The number of benzene rings is 1. The maximum Gasteiger partial charge on any atom is 0.227 e. The van der Waals surface area contributed by atoms with Crippen molar-refractivity contribution < 1.29 is 0 Å². The summed E-state index contributed by atoms with van der Waals surface area (Å²) in [5.41, 5.74) is 4.16. The van der Waals surface area contributed by atoms with Gasteiger partial charge in [-0.2, -0.15) is 4.98 Å². The number of imidazole rings is 1. The van der Waals surface area contributed by atoms with E-state index in [0.717, 1.165) is 53.8 Å². The highest BCUT2D eigenvalue weighted by atomic mass is 35.5. The first-order valence-corrected chi connectivity index (χ1v) is 9.02. The fraction of sp³-hybridized carbons (Fsp3) is 0.389. The molecule has 0 saturated heterocycles. The molecule has 7 nitrogen and oxygen atoms in total. The lowest BCUT2D eigenvalue weighted by Crippen LogP contribution is -2.30. The molecule has 0 saturated carbocycles. The van der Waals surface area contributed by atoms with Gasteiger partial charge in [0.05, 0.1) is 23.3 Å². The number of aromatic nitrogens is 4. The summed E-state index contributed by atoms with van der Waals surface area (Å²) in [5, 5.41) is 4.09. The number of H-pyrrole nitrogens is 1. The van der Waals surface area contributed by atoms with Crippen LogP contribution in [-0.4, -0.2) is 47.6 Å². The molecular formula is C18H22ClN7. The number of anilines is 2. The molecule has 0 amide bonds. The van der Waals surface area contributed by atoms with Crippen molar-refractivity contribution in [1.29, 1.82) is 0 Å². The van der Waals surface area contributed by atoms with E-state index in [1.165, 1.54) is 5.56 Å². The summed E-state index contributed by atoms with van der Waals surface area (Å²) < 4.78 is 0. The van der Waals surface area contributed by atoms with Crippen molar-refractivity contribution in [1.82, 2.24) is 25.3 Å².